The molecule has 0 aromatic carbocycles. The van der Waals surface area contributed by atoms with Crippen molar-refractivity contribution in [3.05, 3.63) is 0 Å². The smallest absolute Gasteiger partial charge is 0.0921 e. The zero-order valence-electron chi connectivity index (χ0n) is 11.5. The highest BCUT2D eigenvalue weighted by Gasteiger charge is 2.21. The number of likely N-dealkylation sites (N-methyl/N-ethyl adjacent to an activating group) is 2. The van der Waals surface area contributed by atoms with Crippen LogP contribution in [0, 0.1) is 5.41 Å². The summed E-state index contributed by atoms with van der Waals surface area (Å²) in [5.74, 6) is 0.294. The molecule has 0 aliphatic carbocycles. The van der Waals surface area contributed by atoms with Crippen LogP contribution in [0.1, 0.15) is 33.6 Å². The monoisotopic (exact) mass is 228 g/mol. The van der Waals surface area contributed by atoms with Crippen molar-refractivity contribution < 1.29 is 0 Å². The predicted octanol–water partition coefficient (Wildman–Crippen LogP) is 1.36. The second-order valence-corrected chi connectivity index (χ2v) is 4.73. The van der Waals surface area contributed by atoms with Gasteiger partial charge in [0.2, 0.25) is 0 Å². The third-order valence-electron chi connectivity index (χ3n) is 2.96. The topological polar surface area (TPSA) is 56.4 Å². The Morgan fingerprint density at radius 1 is 1.31 bits per heavy atom. The number of nitrogens with zero attached hydrogens (tertiary/aromatic N) is 2. The fraction of sp³-hybridized carbons (Fsp3) is 0.917. The summed E-state index contributed by atoms with van der Waals surface area (Å²) >= 11 is 0. The standard InChI is InChI=1S/C12H28N4/c1-6-11(8-12(13)14)16(7-2)10(3)9-15(4)5/h10-11H,6-9H2,1-5H3,(H3,13,14). The lowest BCUT2D eigenvalue weighted by molar-refractivity contribution is 0.127. The maximum absolute atomic E-state index is 7.42. The van der Waals surface area contributed by atoms with E-state index in [2.05, 4.69) is 44.7 Å². The van der Waals surface area contributed by atoms with Crippen LogP contribution in [0.25, 0.3) is 0 Å². The molecule has 4 heteroatoms. The minimum atomic E-state index is 0.294. The molecule has 0 heterocycles. The van der Waals surface area contributed by atoms with Crippen molar-refractivity contribution in [2.45, 2.75) is 45.7 Å². The highest BCUT2D eigenvalue weighted by Crippen LogP contribution is 2.13. The van der Waals surface area contributed by atoms with Crippen molar-refractivity contribution in [2.75, 3.05) is 27.2 Å². The van der Waals surface area contributed by atoms with Crippen LogP contribution in [0.2, 0.25) is 0 Å². The van der Waals surface area contributed by atoms with Crippen molar-refractivity contribution >= 4 is 5.84 Å². The zero-order valence-corrected chi connectivity index (χ0v) is 11.5. The fourth-order valence-corrected chi connectivity index (χ4v) is 2.31. The normalized spacial score (nSPS) is 15.4. The molecule has 16 heavy (non-hydrogen) atoms. The van der Waals surface area contributed by atoms with E-state index in [1.54, 1.807) is 0 Å². The molecule has 3 N–H and O–H groups in total. The first-order valence-corrected chi connectivity index (χ1v) is 6.15. The SMILES string of the molecule is CCC(CC(=N)N)N(CC)C(C)CN(C)C. The van der Waals surface area contributed by atoms with Gasteiger partial charge in [0.15, 0.2) is 0 Å². The van der Waals surface area contributed by atoms with Crippen LogP contribution < -0.4 is 5.73 Å². The van der Waals surface area contributed by atoms with Gasteiger partial charge < -0.3 is 10.6 Å². The number of rotatable bonds is 8. The second-order valence-electron chi connectivity index (χ2n) is 4.73. The van der Waals surface area contributed by atoms with E-state index in [1.165, 1.54) is 0 Å². The van der Waals surface area contributed by atoms with Crippen LogP contribution in [0.15, 0.2) is 0 Å². The lowest BCUT2D eigenvalue weighted by atomic mass is 10.1. The molecule has 0 bridgehead atoms. The molecule has 96 valence electrons. The van der Waals surface area contributed by atoms with Gasteiger partial charge in [0.05, 0.1) is 5.84 Å². The summed E-state index contributed by atoms with van der Waals surface area (Å²) in [5, 5.41) is 7.42. The van der Waals surface area contributed by atoms with E-state index in [1.807, 2.05) is 0 Å². The Kier molecular flexibility index (Phi) is 7.34. The molecule has 0 aliphatic heterocycles. The Labute approximate surface area is 100 Å². The van der Waals surface area contributed by atoms with Crippen LogP contribution in [0.5, 0.6) is 0 Å². The largest absolute Gasteiger partial charge is 0.388 e. The maximum atomic E-state index is 7.42. The molecule has 0 radical (unpaired) electrons. The van der Waals surface area contributed by atoms with Crippen LogP contribution >= 0.6 is 0 Å². The van der Waals surface area contributed by atoms with E-state index in [0.29, 0.717) is 24.3 Å². The number of hydrogen-bond acceptors (Lipinski definition) is 3. The van der Waals surface area contributed by atoms with Gasteiger partial charge in [-0.1, -0.05) is 13.8 Å². The molecule has 0 aromatic rings. The third kappa shape index (κ3) is 5.47. The van der Waals surface area contributed by atoms with Crippen molar-refractivity contribution in [1.82, 2.24) is 9.80 Å². The zero-order chi connectivity index (χ0) is 12.7. The predicted molar refractivity (Wildman–Crippen MR) is 71.0 cm³/mol. The van der Waals surface area contributed by atoms with Gasteiger partial charge in [-0.25, -0.2) is 0 Å². The van der Waals surface area contributed by atoms with E-state index >= 15 is 0 Å². The van der Waals surface area contributed by atoms with Crippen LogP contribution in [0.4, 0.5) is 0 Å². The molecule has 2 unspecified atom stereocenters. The Hall–Kier alpha value is -0.610. The van der Waals surface area contributed by atoms with Gasteiger partial charge >= 0.3 is 0 Å². The van der Waals surface area contributed by atoms with Gasteiger partial charge in [-0.2, -0.15) is 0 Å². The van der Waals surface area contributed by atoms with Gasteiger partial charge in [-0.15, -0.1) is 0 Å². The molecule has 0 saturated heterocycles. The molecular formula is C12H28N4. The number of amidine groups is 1. The van der Waals surface area contributed by atoms with Crippen molar-refractivity contribution in [1.29, 1.82) is 5.41 Å². The van der Waals surface area contributed by atoms with Crippen molar-refractivity contribution in [2.24, 2.45) is 5.73 Å². The molecule has 0 spiro atoms. The van der Waals surface area contributed by atoms with Crippen molar-refractivity contribution in [3.8, 4) is 0 Å². The van der Waals surface area contributed by atoms with Crippen LogP contribution in [-0.4, -0.2) is 54.9 Å². The minimum Gasteiger partial charge on any atom is -0.388 e. The summed E-state index contributed by atoms with van der Waals surface area (Å²) in [5.41, 5.74) is 5.51. The Bertz CT molecular complexity index is 203. The highest BCUT2D eigenvalue weighted by atomic mass is 15.2. The van der Waals surface area contributed by atoms with E-state index in [9.17, 15) is 0 Å². The fourth-order valence-electron chi connectivity index (χ4n) is 2.31. The average Bonchev–Trinajstić information content (AvgIpc) is 2.15. The molecule has 0 amide bonds. The van der Waals surface area contributed by atoms with Gasteiger partial charge in [0, 0.05) is 25.0 Å². The maximum Gasteiger partial charge on any atom is 0.0921 e. The molecule has 0 fully saturated rings. The molecule has 2 atom stereocenters. The summed E-state index contributed by atoms with van der Waals surface area (Å²) in [4.78, 5) is 4.65. The summed E-state index contributed by atoms with van der Waals surface area (Å²) in [7, 11) is 4.19. The van der Waals surface area contributed by atoms with Gasteiger partial charge in [-0.3, -0.25) is 10.3 Å². The van der Waals surface area contributed by atoms with E-state index in [4.69, 9.17) is 11.1 Å². The van der Waals surface area contributed by atoms with E-state index < -0.39 is 0 Å². The first kappa shape index (κ1) is 15.4. The first-order chi connectivity index (χ1) is 7.42. The Balaban J connectivity index is 4.46. The number of nitrogens with two attached hydrogens (primary N) is 1. The lowest BCUT2D eigenvalue weighted by Crippen LogP contribution is -2.47. The quantitative estimate of drug-likeness (QED) is 0.487. The Morgan fingerprint density at radius 2 is 1.88 bits per heavy atom. The van der Waals surface area contributed by atoms with E-state index in [-0.39, 0.29) is 0 Å². The van der Waals surface area contributed by atoms with Gasteiger partial charge in [0.1, 0.15) is 0 Å². The summed E-state index contributed by atoms with van der Waals surface area (Å²) in [6.07, 6.45) is 1.73. The summed E-state index contributed by atoms with van der Waals surface area (Å²) in [6.45, 7) is 8.64. The molecule has 0 aromatic heterocycles. The second kappa shape index (κ2) is 7.63. The lowest BCUT2D eigenvalue weighted by Gasteiger charge is -2.36. The molecule has 0 aliphatic rings. The molecule has 0 rings (SSSR count). The molecule has 4 nitrogen and oxygen atoms in total. The van der Waals surface area contributed by atoms with Crippen molar-refractivity contribution in [3.63, 3.8) is 0 Å². The average molecular weight is 228 g/mol. The van der Waals surface area contributed by atoms with Crippen LogP contribution in [-0.2, 0) is 0 Å². The minimum absolute atomic E-state index is 0.294. The van der Waals surface area contributed by atoms with E-state index in [0.717, 1.165) is 19.5 Å². The molecular weight excluding hydrogens is 200 g/mol. The Morgan fingerprint density at radius 3 is 2.19 bits per heavy atom. The highest BCUT2D eigenvalue weighted by molar-refractivity contribution is 5.77. The first-order valence-electron chi connectivity index (χ1n) is 6.15. The summed E-state index contributed by atoms with van der Waals surface area (Å²) < 4.78 is 0. The van der Waals surface area contributed by atoms with Crippen LogP contribution in [0.3, 0.4) is 0 Å². The van der Waals surface area contributed by atoms with Gasteiger partial charge in [-0.05, 0) is 34.0 Å². The number of hydrogen-bond donors (Lipinski definition) is 2. The number of nitrogens with one attached hydrogen (secondary N) is 1. The van der Waals surface area contributed by atoms with Gasteiger partial charge in [0.25, 0.3) is 0 Å². The molecule has 0 saturated carbocycles. The summed E-state index contributed by atoms with van der Waals surface area (Å²) in [6, 6.07) is 0.904. The third-order valence-corrected chi connectivity index (χ3v) is 2.96.